The van der Waals surface area contributed by atoms with Crippen molar-refractivity contribution in [3.05, 3.63) is 29.8 Å². The standard InChI is InChI=1S/C15H21NO3/c1-10(2)12-5-7-13(8-6-12)19-14(17)9-16-15(18)11(3)4/h5-8,10-11H,9H2,1-4H3,(H,16,18). The fourth-order valence-electron chi connectivity index (χ4n) is 1.45. The molecule has 1 N–H and O–H groups in total. The highest BCUT2D eigenvalue weighted by Crippen LogP contribution is 2.18. The highest BCUT2D eigenvalue weighted by Gasteiger charge is 2.10. The van der Waals surface area contributed by atoms with Crippen LogP contribution in [0, 0.1) is 5.92 Å². The first kappa shape index (κ1) is 15.2. The molecule has 0 aliphatic rings. The summed E-state index contributed by atoms with van der Waals surface area (Å²) in [4.78, 5) is 22.8. The molecule has 4 nitrogen and oxygen atoms in total. The average Bonchev–Trinajstić information content (AvgIpc) is 2.36. The number of benzene rings is 1. The van der Waals surface area contributed by atoms with Crippen molar-refractivity contribution in [2.45, 2.75) is 33.6 Å². The van der Waals surface area contributed by atoms with Gasteiger partial charge in [-0.3, -0.25) is 4.79 Å². The van der Waals surface area contributed by atoms with E-state index in [0.717, 1.165) is 0 Å². The largest absolute Gasteiger partial charge is 0.425 e. The molecular weight excluding hydrogens is 242 g/mol. The molecule has 0 atom stereocenters. The lowest BCUT2D eigenvalue weighted by atomic mass is 10.0. The van der Waals surface area contributed by atoms with Crippen LogP contribution in [0.15, 0.2) is 24.3 Å². The van der Waals surface area contributed by atoms with Crippen LogP contribution in [0.5, 0.6) is 5.75 Å². The average molecular weight is 263 g/mol. The molecule has 0 saturated carbocycles. The molecule has 0 unspecified atom stereocenters. The van der Waals surface area contributed by atoms with Gasteiger partial charge in [-0.05, 0) is 23.6 Å². The molecule has 0 bridgehead atoms. The van der Waals surface area contributed by atoms with Gasteiger partial charge in [0.15, 0.2) is 0 Å². The van der Waals surface area contributed by atoms with Crippen LogP contribution in [0.2, 0.25) is 0 Å². The van der Waals surface area contributed by atoms with Gasteiger partial charge in [-0.25, -0.2) is 4.79 Å². The van der Waals surface area contributed by atoms with Crippen molar-refractivity contribution < 1.29 is 14.3 Å². The van der Waals surface area contributed by atoms with Crippen molar-refractivity contribution in [1.29, 1.82) is 0 Å². The van der Waals surface area contributed by atoms with Crippen LogP contribution in [0.1, 0.15) is 39.2 Å². The minimum Gasteiger partial charge on any atom is -0.425 e. The Kier molecular flexibility index (Phi) is 5.55. The zero-order chi connectivity index (χ0) is 14.4. The molecule has 0 aliphatic heterocycles. The third-order valence-corrected chi connectivity index (χ3v) is 2.71. The highest BCUT2D eigenvalue weighted by atomic mass is 16.5. The SMILES string of the molecule is CC(C)C(=O)NCC(=O)Oc1ccc(C(C)C)cc1. The Labute approximate surface area is 114 Å². The number of ether oxygens (including phenoxy) is 1. The molecule has 19 heavy (non-hydrogen) atoms. The predicted molar refractivity (Wildman–Crippen MR) is 74.0 cm³/mol. The third kappa shape index (κ3) is 5.12. The molecule has 0 aliphatic carbocycles. The Morgan fingerprint density at radius 3 is 2.16 bits per heavy atom. The van der Waals surface area contributed by atoms with E-state index in [0.29, 0.717) is 11.7 Å². The second-order valence-electron chi connectivity index (χ2n) is 5.07. The molecule has 104 valence electrons. The van der Waals surface area contributed by atoms with Crippen molar-refractivity contribution in [3.63, 3.8) is 0 Å². The fraction of sp³-hybridized carbons (Fsp3) is 0.467. The molecule has 4 heteroatoms. The van der Waals surface area contributed by atoms with E-state index in [1.807, 2.05) is 12.1 Å². The Bertz CT molecular complexity index is 435. The van der Waals surface area contributed by atoms with Gasteiger partial charge < -0.3 is 10.1 Å². The predicted octanol–water partition coefficient (Wildman–Crippen LogP) is 2.49. The molecule has 0 aromatic heterocycles. The summed E-state index contributed by atoms with van der Waals surface area (Å²) in [6.45, 7) is 7.63. The van der Waals surface area contributed by atoms with Crippen molar-refractivity contribution >= 4 is 11.9 Å². The van der Waals surface area contributed by atoms with Gasteiger partial charge in [-0.1, -0.05) is 39.8 Å². The lowest BCUT2D eigenvalue weighted by molar-refractivity contribution is -0.136. The maximum absolute atomic E-state index is 11.5. The van der Waals surface area contributed by atoms with E-state index in [4.69, 9.17) is 4.74 Å². The van der Waals surface area contributed by atoms with E-state index < -0.39 is 5.97 Å². The number of esters is 1. The summed E-state index contributed by atoms with van der Waals surface area (Å²) in [5, 5.41) is 2.52. The Morgan fingerprint density at radius 2 is 1.68 bits per heavy atom. The van der Waals surface area contributed by atoms with Crippen LogP contribution in [-0.4, -0.2) is 18.4 Å². The minimum atomic E-state index is -0.466. The van der Waals surface area contributed by atoms with E-state index in [-0.39, 0.29) is 18.4 Å². The van der Waals surface area contributed by atoms with E-state index in [1.54, 1.807) is 26.0 Å². The number of amides is 1. The summed E-state index contributed by atoms with van der Waals surface area (Å²) in [6, 6.07) is 7.38. The van der Waals surface area contributed by atoms with Crippen LogP contribution >= 0.6 is 0 Å². The molecule has 0 heterocycles. The summed E-state index contributed by atoms with van der Waals surface area (Å²) >= 11 is 0. The van der Waals surface area contributed by atoms with Gasteiger partial charge in [-0.2, -0.15) is 0 Å². The molecule has 0 radical (unpaired) electrons. The number of rotatable bonds is 5. The second kappa shape index (κ2) is 6.92. The summed E-state index contributed by atoms with van der Waals surface area (Å²) in [6.07, 6.45) is 0. The zero-order valence-corrected chi connectivity index (χ0v) is 11.9. The van der Waals surface area contributed by atoms with Gasteiger partial charge in [0.25, 0.3) is 0 Å². The summed E-state index contributed by atoms with van der Waals surface area (Å²) in [5.41, 5.74) is 1.19. The van der Waals surface area contributed by atoms with Gasteiger partial charge in [0, 0.05) is 5.92 Å². The van der Waals surface area contributed by atoms with Crippen molar-refractivity contribution in [3.8, 4) is 5.75 Å². The monoisotopic (exact) mass is 263 g/mol. The van der Waals surface area contributed by atoms with E-state index in [9.17, 15) is 9.59 Å². The molecule has 0 saturated heterocycles. The molecule has 0 spiro atoms. The van der Waals surface area contributed by atoms with Crippen LogP contribution < -0.4 is 10.1 Å². The van der Waals surface area contributed by atoms with E-state index in [1.165, 1.54) is 5.56 Å². The first-order valence-corrected chi connectivity index (χ1v) is 6.48. The maximum Gasteiger partial charge on any atom is 0.330 e. The normalized spacial score (nSPS) is 10.6. The van der Waals surface area contributed by atoms with Crippen molar-refractivity contribution in [1.82, 2.24) is 5.32 Å². The summed E-state index contributed by atoms with van der Waals surface area (Å²) in [7, 11) is 0. The quantitative estimate of drug-likeness (QED) is 0.656. The molecule has 0 fully saturated rings. The first-order chi connectivity index (χ1) is 8.90. The number of nitrogens with one attached hydrogen (secondary N) is 1. The number of carbonyl (C=O) groups is 2. The number of carbonyl (C=O) groups excluding carboxylic acids is 2. The smallest absolute Gasteiger partial charge is 0.330 e. The first-order valence-electron chi connectivity index (χ1n) is 6.48. The number of hydrogen-bond donors (Lipinski definition) is 1. The second-order valence-corrected chi connectivity index (χ2v) is 5.07. The van der Waals surface area contributed by atoms with Crippen LogP contribution in [-0.2, 0) is 9.59 Å². The van der Waals surface area contributed by atoms with E-state index >= 15 is 0 Å². The third-order valence-electron chi connectivity index (χ3n) is 2.71. The van der Waals surface area contributed by atoms with Gasteiger partial charge in [0.05, 0.1) is 0 Å². The summed E-state index contributed by atoms with van der Waals surface area (Å²) in [5.74, 6) is 0.166. The maximum atomic E-state index is 11.5. The zero-order valence-electron chi connectivity index (χ0n) is 11.9. The topological polar surface area (TPSA) is 55.4 Å². The van der Waals surface area contributed by atoms with Gasteiger partial charge in [0.1, 0.15) is 12.3 Å². The van der Waals surface area contributed by atoms with Gasteiger partial charge in [-0.15, -0.1) is 0 Å². The van der Waals surface area contributed by atoms with Crippen LogP contribution in [0.3, 0.4) is 0 Å². The number of hydrogen-bond acceptors (Lipinski definition) is 3. The Balaban J connectivity index is 2.46. The minimum absolute atomic E-state index is 0.108. The lowest BCUT2D eigenvalue weighted by Gasteiger charge is -2.09. The van der Waals surface area contributed by atoms with Crippen LogP contribution in [0.25, 0.3) is 0 Å². The Morgan fingerprint density at radius 1 is 1.11 bits per heavy atom. The highest BCUT2D eigenvalue weighted by molar-refractivity contribution is 5.83. The van der Waals surface area contributed by atoms with Crippen molar-refractivity contribution in [2.24, 2.45) is 5.92 Å². The molecular formula is C15H21NO3. The lowest BCUT2D eigenvalue weighted by Crippen LogP contribution is -2.34. The van der Waals surface area contributed by atoms with E-state index in [2.05, 4.69) is 19.2 Å². The molecule has 1 aromatic rings. The molecule has 1 rings (SSSR count). The van der Waals surface area contributed by atoms with Crippen LogP contribution in [0.4, 0.5) is 0 Å². The summed E-state index contributed by atoms with van der Waals surface area (Å²) < 4.78 is 5.13. The Hall–Kier alpha value is -1.84. The molecule has 1 amide bonds. The van der Waals surface area contributed by atoms with Gasteiger partial charge >= 0.3 is 5.97 Å². The van der Waals surface area contributed by atoms with Gasteiger partial charge in [0.2, 0.25) is 5.91 Å². The fourth-order valence-corrected chi connectivity index (χ4v) is 1.45. The molecule has 1 aromatic carbocycles. The van der Waals surface area contributed by atoms with Crippen molar-refractivity contribution in [2.75, 3.05) is 6.54 Å².